The highest BCUT2D eigenvalue weighted by Gasteiger charge is 2.14. The van der Waals surface area contributed by atoms with Gasteiger partial charge in [0, 0.05) is 25.2 Å². The summed E-state index contributed by atoms with van der Waals surface area (Å²) >= 11 is 0. The molecule has 23 heavy (non-hydrogen) atoms. The van der Waals surface area contributed by atoms with E-state index in [-0.39, 0.29) is 0 Å². The zero-order valence-electron chi connectivity index (χ0n) is 12.6. The summed E-state index contributed by atoms with van der Waals surface area (Å²) in [6, 6.07) is 11.8. The Balaban J connectivity index is 1.54. The minimum atomic E-state index is 0.392. The van der Waals surface area contributed by atoms with Crippen LogP contribution in [-0.2, 0) is 11.3 Å². The highest BCUT2D eigenvalue weighted by Crippen LogP contribution is 2.23. The van der Waals surface area contributed by atoms with Crippen LogP contribution in [-0.4, -0.2) is 41.3 Å². The summed E-state index contributed by atoms with van der Waals surface area (Å²) in [6.07, 6.45) is 1.59. The van der Waals surface area contributed by atoms with Gasteiger partial charge in [0.05, 0.1) is 19.5 Å². The van der Waals surface area contributed by atoms with E-state index in [9.17, 15) is 0 Å². The zero-order chi connectivity index (χ0) is 15.5. The van der Waals surface area contributed by atoms with Gasteiger partial charge in [-0.1, -0.05) is 23.4 Å². The molecule has 0 radical (unpaired) electrons. The van der Waals surface area contributed by atoms with Crippen LogP contribution >= 0.6 is 0 Å². The molecule has 0 bridgehead atoms. The number of furan rings is 1. The Morgan fingerprint density at radius 2 is 2.00 bits per heavy atom. The van der Waals surface area contributed by atoms with E-state index in [1.54, 1.807) is 18.4 Å². The van der Waals surface area contributed by atoms with Crippen molar-refractivity contribution in [1.29, 1.82) is 0 Å². The Morgan fingerprint density at radius 3 is 2.83 bits per heavy atom. The van der Waals surface area contributed by atoms with Crippen LogP contribution in [0, 0.1) is 0 Å². The van der Waals surface area contributed by atoms with Crippen molar-refractivity contribution >= 4 is 0 Å². The third-order valence-corrected chi connectivity index (χ3v) is 3.85. The number of benzene rings is 1. The largest absolute Gasteiger partial charge is 0.459 e. The summed E-state index contributed by atoms with van der Waals surface area (Å²) in [5.41, 5.74) is 2.17. The van der Waals surface area contributed by atoms with Crippen LogP contribution in [0.1, 0.15) is 5.56 Å². The maximum Gasteiger partial charge on any atom is 0.293 e. The molecule has 1 saturated heterocycles. The van der Waals surface area contributed by atoms with Crippen LogP contribution in [0.15, 0.2) is 51.6 Å². The molecule has 6 heteroatoms. The third kappa shape index (κ3) is 3.18. The Morgan fingerprint density at radius 1 is 1.09 bits per heavy atom. The average molecular weight is 311 g/mol. The number of hydrogen-bond acceptors (Lipinski definition) is 6. The van der Waals surface area contributed by atoms with Crippen molar-refractivity contribution in [3.05, 3.63) is 48.2 Å². The molecular formula is C17H17N3O3. The molecule has 1 aliphatic heterocycles. The second-order valence-electron chi connectivity index (χ2n) is 5.49. The molecule has 1 fully saturated rings. The first-order valence-electron chi connectivity index (χ1n) is 7.65. The predicted molar refractivity (Wildman–Crippen MR) is 83.5 cm³/mol. The second kappa shape index (κ2) is 6.36. The first-order valence-corrected chi connectivity index (χ1v) is 7.65. The molecule has 6 nitrogen and oxygen atoms in total. The van der Waals surface area contributed by atoms with Crippen molar-refractivity contribution in [3.63, 3.8) is 0 Å². The van der Waals surface area contributed by atoms with Crippen molar-refractivity contribution in [3.8, 4) is 23.0 Å². The second-order valence-corrected chi connectivity index (χ2v) is 5.49. The van der Waals surface area contributed by atoms with Crippen LogP contribution in [0.2, 0.25) is 0 Å². The fourth-order valence-corrected chi connectivity index (χ4v) is 2.67. The summed E-state index contributed by atoms with van der Waals surface area (Å²) < 4.78 is 15.9. The molecule has 4 rings (SSSR count). The van der Waals surface area contributed by atoms with E-state index in [0.29, 0.717) is 17.5 Å². The normalized spacial score (nSPS) is 15.8. The minimum Gasteiger partial charge on any atom is -0.459 e. The molecule has 118 valence electrons. The molecule has 1 aromatic carbocycles. The lowest BCUT2D eigenvalue weighted by molar-refractivity contribution is 0.0342. The molecule has 0 saturated carbocycles. The van der Waals surface area contributed by atoms with Crippen molar-refractivity contribution in [1.82, 2.24) is 15.0 Å². The summed E-state index contributed by atoms with van der Waals surface area (Å²) in [7, 11) is 0. The van der Waals surface area contributed by atoms with Gasteiger partial charge in [0.15, 0.2) is 5.76 Å². The summed E-state index contributed by atoms with van der Waals surface area (Å²) in [5.74, 6) is 1.54. The van der Waals surface area contributed by atoms with Crippen LogP contribution in [0.3, 0.4) is 0 Å². The highest BCUT2D eigenvalue weighted by molar-refractivity contribution is 5.58. The Bertz CT molecular complexity index is 761. The highest BCUT2D eigenvalue weighted by atomic mass is 16.5. The van der Waals surface area contributed by atoms with E-state index < -0.39 is 0 Å². The van der Waals surface area contributed by atoms with Crippen molar-refractivity contribution in [2.75, 3.05) is 26.3 Å². The number of rotatable bonds is 4. The zero-order valence-corrected chi connectivity index (χ0v) is 12.6. The maximum atomic E-state index is 5.39. The summed E-state index contributed by atoms with van der Waals surface area (Å²) in [4.78, 5) is 6.79. The lowest BCUT2D eigenvalue weighted by Crippen LogP contribution is -2.35. The Hall–Kier alpha value is -2.44. The molecule has 0 unspecified atom stereocenters. The van der Waals surface area contributed by atoms with Crippen LogP contribution in [0.5, 0.6) is 0 Å². The van der Waals surface area contributed by atoms with E-state index in [1.807, 2.05) is 12.1 Å². The van der Waals surface area contributed by atoms with Crippen molar-refractivity contribution < 1.29 is 13.7 Å². The quantitative estimate of drug-likeness (QED) is 0.738. The predicted octanol–water partition coefficient (Wildman–Crippen LogP) is 2.83. The number of aromatic nitrogens is 2. The van der Waals surface area contributed by atoms with Gasteiger partial charge in [-0.25, -0.2) is 0 Å². The molecule has 1 aliphatic rings. The lowest BCUT2D eigenvalue weighted by atomic mass is 10.1. The Labute approximate surface area is 133 Å². The third-order valence-electron chi connectivity index (χ3n) is 3.85. The number of hydrogen-bond donors (Lipinski definition) is 0. The van der Waals surface area contributed by atoms with E-state index in [2.05, 4.69) is 27.2 Å². The fourth-order valence-electron chi connectivity index (χ4n) is 2.67. The van der Waals surface area contributed by atoms with E-state index in [4.69, 9.17) is 13.7 Å². The van der Waals surface area contributed by atoms with E-state index >= 15 is 0 Å². The molecule has 0 aliphatic carbocycles. The van der Waals surface area contributed by atoms with Gasteiger partial charge in [0.25, 0.3) is 5.89 Å². The van der Waals surface area contributed by atoms with Crippen LogP contribution in [0.4, 0.5) is 0 Å². The fraction of sp³-hybridized carbons (Fsp3) is 0.294. The van der Waals surface area contributed by atoms with Gasteiger partial charge in [0.1, 0.15) is 0 Å². The molecule has 3 heterocycles. The van der Waals surface area contributed by atoms with Gasteiger partial charge in [0.2, 0.25) is 5.82 Å². The summed E-state index contributed by atoms with van der Waals surface area (Å²) in [6.45, 7) is 4.44. The minimum absolute atomic E-state index is 0.392. The van der Waals surface area contributed by atoms with Crippen LogP contribution in [0.25, 0.3) is 23.0 Å². The standard InChI is InChI=1S/C17H17N3O3/c1-3-13(12-20-6-9-21-10-7-20)11-14(4-1)16-18-17(23-19-16)15-5-2-8-22-15/h1-5,8,11H,6-7,9-10,12H2. The van der Waals surface area contributed by atoms with Gasteiger partial charge >= 0.3 is 0 Å². The first kappa shape index (κ1) is 14.2. The molecule has 3 aromatic rings. The summed E-state index contributed by atoms with van der Waals surface area (Å²) in [5, 5.41) is 4.05. The Kier molecular flexibility index (Phi) is 3.92. The van der Waals surface area contributed by atoms with Crippen molar-refractivity contribution in [2.24, 2.45) is 0 Å². The number of nitrogens with zero attached hydrogens (tertiary/aromatic N) is 3. The smallest absolute Gasteiger partial charge is 0.293 e. The monoisotopic (exact) mass is 311 g/mol. The van der Waals surface area contributed by atoms with Gasteiger partial charge < -0.3 is 13.7 Å². The van der Waals surface area contributed by atoms with Gasteiger partial charge in [-0.2, -0.15) is 4.98 Å². The SMILES string of the molecule is c1cc(CN2CCOCC2)cc(-c2noc(-c3ccco3)n2)c1. The van der Waals surface area contributed by atoms with E-state index in [0.717, 1.165) is 38.4 Å². The molecule has 0 spiro atoms. The molecule has 0 amide bonds. The van der Waals surface area contributed by atoms with E-state index in [1.165, 1.54) is 5.56 Å². The van der Waals surface area contributed by atoms with Gasteiger partial charge in [-0.3, -0.25) is 4.90 Å². The topological polar surface area (TPSA) is 64.5 Å². The first-order chi connectivity index (χ1) is 11.4. The molecule has 0 atom stereocenters. The maximum absolute atomic E-state index is 5.39. The molecule has 0 N–H and O–H groups in total. The number of ether oxygens (including phenoxy) is 1. The molecular weight excluding hydrogens is 294 g/mol. The number of morpholine rings is 1. The van der Waals surface area contributed by atoms with Gasteiger partial charge in [-0.15, -0.1) is 0 Å². The van der Waals surface area contributed by atoms with Gasteiger partial charge in [-0.05, 0) is 23.8 Å². The average Bonchev–Trinajstić information content (AvgIpc) is 3.28. The molecule has 2 aromatic heterocycles. The van der Waals surface area contributed by atoms with Crippen molar-refractivity contribution in [2.45, 2.75) is 6.54 Å². The van der Waals surface area contributed by atoms with Crippen LogP contribution < -0.4 is 0 Å². The lowest BCUT2D eigenvalue weighted by Gasteiger charge is -2.26.